The van der Waals surface area contributed by atoms with Gasteiger partial charge < -0.3 is 20.4 Å². The lowest BCUT2D eigenvalue weighted by Gasteiger charge is -2.38. The maximum absolute atomic E-state index is 12.5. The highest BCUT2D eigenvalue weighted by molar-refractivity contribution is 6.30. The minimum Gasteiger partial charge on any atom is -0.378 e. The number of hydrogen-bond acceptors (Lipinski definition) is 4. The molecule has 2 heterocycles. The number of amides is 1. The predicted octanol–water partition coefficient (Wildman–Crippen LogP) is 1.76. The number of imidazole rings is 1. The fourth-order valence-electron chi connectivity index (χ4n) is 3.01. The minimum atomic E-state index is -0.225. The van der Waals surface area contributed by atoms with E-state index >= 15 is 0 Å². The molecule has 0 radical (unpaired) electrons. The van der Waals surface area contributed by atoms with Gasteiger partial charge in [0.2, 0.25) is 0 Å². The van der Waals surface area contributed by atoms with Gasteiger partial charge in [-0.1, -0.05) is 31.9 Å². The first kappa shape index (κ1) is 17.2. The molecule has 1 fully saturated rings. The number of piperidine rings is 1. The molecular formula is C15H25ClN4O2. The Morgan fingerprint density at radius 2 is 2.23 bits per heavy atom. The Hall–Kier alpha value is -1.11. The number of hydrogen-bond donors (Lipinski definition) is 3. The van der Waals surface area contributed by atoms with Crippen molar-refractivity contribution in [2.24, 2.45) is 5.92 Å². The predicted molar refractivity (Wildman–Crippen MR) is 86.3 cm³/mol. The van der Waals surface area contributed by atoms with Gasteiger partial charge in [-0.2, -0.15) is 0 Å². The molecular weight excluding hydrogens is 304 g/mol. The van der Waals surface area contributed by atoms with Crippen LogP contribution in [-0.4, -0.2) is 48.2 Å². The summed E-state index contributed by atoms with van der Waals surface area (Å²) in [4.78, 5) is 19.6. The second-order valence-corrected chi connectivity index (χ2v) is 6.05. The quantitative estimate of drug-likeness (QED) is 0.743. The molecule has 3 N–H and O–H groups in total. The molecule has 0 spiro atoms. The molecule has 2 rings (SSSR count). The molecule has 124 valence electrons. The molecule has 1 amide bonds. The van der Waals surface area contributed by atoms with E-state index in [1.165, 1.54) is 0 Å². The van der Waals surface area contributed by atoms with Crippen molar-refractivity contribution in [2.45, 2.75) is 45.3 Å². The van der Waals surface area contributed by atoms with E-state index in [2.05, 4.69) is 27.5 Å². The number of methoxy groups -OCH3 is 1. The van der Waals surface area contributed by atoms with Crippen molar-refractivity contribution in [2.75, 3.05) is 20.2 Å². The number of H-pyrrole nitrogens is 1. The fourth-order valence-corrected chi connectivity index (χ4v) is 3.28. The van der Waals surface area contributed by atoms with Crippen molar-refractivity contribution in [1.82, 2.24) is 20.6 Å². The van der Waals surface area contributed by atoms with Gasteiger partial charge in [-0.25, -0.2) is 4.98 Å². The van der Waals surface area contributed by atoms with Crippen LogP contribution in [0.1, 0.15) is 43.0 Å². The van der Waals surface area contributed by atoms with Gasteiger partial charge in [0.25, 0.3) is 5.91 Å². The monoisotopic (exact) mass is 328 g/mol. The first-order valence-electron chi connectivity index (χ1n) is 7.89. The zero-order valence-electron chi connectivity index (χ0n) is 13.4. The van der Waals surface area contributed by atoms with Crippen LogP contribution in [0.4, 0.5) is 0 Å². The van der Waals surface area contributed by atoms with Gasteiger partial charge in [-0.15, -0.1) is 0 Å². The third-order valence-electron chi connectivity index (χ3n) is 4.22. The average Bonchev–Trinajstić information content (AvgIpc) is 2.90. The number of nitrogens with zero attached hydrogens (tertiary/aromatic N) is 1. The fraction of sp³-hybridized carbons (Fsp3) is 0.733. The Bertz CT molecular complexity index is 504. The molecule has 1 aliphatic heterocycles. The van der Waals surface area contributed by atoms with Crippen LogP contribution in [0, 0.1) is 5.92 Å². The SMILES string of the molecule is CCCC1CNCC(OC)C1NC(=O)c1nc(Cl)c(CC)[nH]1. The molecule has 1 aliphatic rings. The summed E-state index contributed by atoms with van der Waals surface area (Å²) in [6.07, 6.45) is 2.79. The van der Waals surface area contributed by atoms with Crippen LogP contribution >= 0.6 is 11.6 Å². The van der Waals surface area contributed by atoms with Crippen molar-refractivity contribution < 1.29 is 9.53 Å². The Kier molecular flexibility index (Phi) is 6.23. The van der Waals surface area contributed by atoms with E-state index in [-0.39, 0.29) is 23.9 Å². The zero-order valence-corrected chi connectivity index (χ0v) is 14.2. The molecule has 3 atom stereocenters. The van der Waals surface area contributed by atoms with Crippen LogP contribution in [0.2, 0.25) is 5.15 Å². The number of carbonyl (C=O) groups is 1. The van der Waals surface area contributed by atoms with Crippen molar-refractivity contribution in [1.29, 1.82) is 0 Å². The van der Waals surface area contributed by atoms with E-state index in [0.717, 1.165) is 31.6 Å². The number of aromatic amines is 1. The summed E-state index contributed by atoms with van der Waals surface area (Å²) in [5, 5.41) is 6.81. The number of carbonyl (C=O) groups excluding carboxylic acids is 1. The lowest BCUT2D eigenvalue weighted by Crippen LogP contribution is -2.58. The molecule has 0 saturated carbocycles. The smallest absolute Gasteiger partial charge is 0.287 e. The molecule has 1 aromatic heterocycles. The number of halogens is 1. The van der Waals surface area contributed by atoms with Gasteiger partial charge in [0.1, 0.15) is 0 Å². The van der Waals surface area contributed by atoms with Gasteiger partial charge in [0.15, 0.2) is 11.0 Å². The van der Waals surface area contributed by atoms with E-state index in [1.807, 2.05) is 6.92 Å². The summed E-state index contributed by atoms with van der Waals surface area (Å²) in [5.74, 6) is 0.394. The topological polar surface area (TPSA) is 79.0 Å². The van der Waals surface area contributed by atoms with Crippen LogP contribution in [0.15, 0.2) is 0 Å². The van der Waals surface area contributed by atoms with E-state index in [4.69, 9.17) is 16.3 Å². The summed E-state index contributed by atoms with van der Waals surface area (Å²) < 4.78 is 5.53. The Balaban J connectivity index is 2.11. The van der Waals surface area contributed by atoms with Gasteiger partial charge >= 0.3 is 0 Å². The molecule has 0 aromatic carbocycles. The zero-order chi connectivity index (χ0) is 16.1. The number of ether oxygens (including phenoxy) is 1. The van der Waals surface area contributed by atoms with E-state index < -0.39 is 0 Å². The van der Waals surface area contributed by atoms with Crippen LogP contribution in [0.25, 0.3) is 0 Å². The van der Waals surface area contributed by atoms with Crippen molar-refractivity contribution >= 4 is 17.5 Å². The molecule has 0 bridgehead atoms. The van der Waals surface area contributed by atoms with Gasteiger partial charge in [0.05, 0.1) is 17.8 Å². The lowest BCUT2D eigenvalue weighted by molar-refractivity contribution is 0.0247. The Labute approximate surface area is 136 Å². The minimum absolute atomic E-state index is 0.0207. The largest absolute Gasteiger partial charge is 0.378 e. The van der Waals surface area contributed by atoms with Gasteiger partial charge in [-0.3, -0.25) is 4.79 Å². The van der Waals surface area contributed by atoms with E-state index in [0.29, 0.717) is 17.5 Å². The molecule has 1 aromatic rings. The number of aromatic nitrogens is 2. The Morgan fingerprint density at radius 3 is 2.82 bits per heavy atom. The molecule has 0 aliphatic carbocycles. The molecule has 7 heteroatoms. The highest BCUT2D eigenvalue weighted by Crippen LogP contribution is 2.20. The van der Waals surface area contributed by atoms with Crippen molar-refractivity contribution in [3.05, 3.63) is 16.7 Å². The van der Waals surface area contributed by atoms with Crippen molar-refractivity contribution in [3.63, 3.8) is 0 Å². The summed E-state index contributed by atoms with van der Waals surface area (Å²) in [7, 11) is 1.68. The summed E-state index contributed by atoms with van der Waals surface area (Å²) in [6, 6.07) is -0.0207. The van der Waals surface area contributed by atoms with Crippen LogP contribution in [0.5, 0.6) is 0 Å². The highest BCUT2D eigenvalue weighted by atomic mass is 35.5. The van der Waals surface area contributed by atoms with Crippen LogP contribution < -0.4 is 10.6 Å². The molecule has 1 saturated heterocycles. The second kappa shape index (κ2) is 7.94. The van der Waals surface area contributed by atoms with Crippen molar-refractivity contribution in [3.8, 4) is 0 Å². The third-order valence-corrected chi connectivity index (χ3v) is 4.53. The molecule has 6 nitrogen and oxygen atoms in total. The van der Waals surface area contributed by atoms with E-state index in [9.17, 15) is 4.79 Å². The van der Waals surface area contributed by atoms with Gasteiger partial charge in [-0.05, 0) is 18.8 Å². The number of aryl methyl sites for hydroxylation is 1. The van der Waals surface area contributed by atoms with E-state index in [1.54, 1.807) is 7.11 Å². The third kappa shape index (κ3) is 3.80. The first-order valence-corrected chi connectivity index (χ1v) is 8.27. The van der Waals surface area contributed by atoms with Gasteiger partial charge in [0, 0.05) is 20.2 Å². The second-order valence-electron chi connectivity index (χ2n) is 5.69. The first-order chi connectivity index (χ1) is 10.6. The summed E-state index contributed by atoms with van der Waals surface area (Å²) >= 11 is 6.01. The molecule has 3 unspecified atom stereocenters. The van der Waals surface area contributed by atoms with Crippen LogP contribution in [-0.2, 0) is 11.2 Å². The normalized spacial score (nSPS) is 25.2. The Morgan fingerprint density at radius 1 is 1.45 bits per heavy atom. The summed E-state index contributed by atoms with van der Waals surface area (Å²) in [6.45, 7) is 5.74. The maximum Gasteiger partial charge on any atom is 0.287 e. The lowest BCUT2D eigenvalue weighted by atomic mass is 9.87. The standard InChI is InChI=1S/C15H25ClN4O2/c1-4-6-9-7-17-8-11(22-3)12(9)19-15(21)14-18-10(5-2)13(16)20-14/h9,11-12,17H,4-8H2,1-3H3,(H,18,20)(H,19,21). The summed E-state index contributed by atoms with van der Waals surface area (Å²) in [5.41, 5.74) is 0.783. The van der Waals surface area contributed by atoms with Crippen LogP contribution in [0.3, 0.4) is 0 Å². The maximum atomic E-state index is 12.5. The number of nitrogens with one attached hydrogen (secondary N) is 3. The molecule has 22 heavy (non-hydrogen) atoms. The average molecular weight is 329 g/mol. The number of rotatable bonds is 6. The highest BCUT2D eigenvalue weighted by Gasteiger charge is 2.34.